The predicted octanol–water partition coefficient (Wildman–Crippen LogP) is 3.03. The smallest absolute Gasteiger partial charge is 0.320 e. The fourth-order valence-electron chi connectivity index (χ4n) is 1.48. The quantitative estimate of drug-likeness (QED) is 0.297. The molecule has 0 aliphatic rings. The van der Waals surface area contributed by atoms with Gasteiger partial charge in [0.2, 0.25) is 0 Å². The van der Waals surface area contributed by atoms with E-state index in [9.17, 15) is 4.79 Å². The van der Waals surface area contributed by atoms with Gasteiger partial charge in [-0.25, -0.2) is 4.79 Å². The Hall–Kier alpha value is -1.66. The Kier molecular flexibility index (Phi) is 5.47. The van der Waals surface area contributed by atoms with Crippen molar-refractivity contribution >= 4 is 40.8 Å². The van der Waals surface area contributed by atoms with Crippen LogP contribution in [0.2, 0.25) is 10.0 Å². The number of halogens is 2. The molecule has 20 heavy (non-hydrogen) atoms. The molecule has 1 aromatic rings. The summed E-state index contributed by atoms with van der Waals surface area (Å²) in [6, 6.07) is 4.15. The third-order valence-corrected chi connectivity index (χ3v) is 3.33. The van der Waals surface area contributed by atoms with Crippen molar-refractivity contribution in [3.05, 3.63) is 28.2 Å². The maximum Gasteiger partial charge on any atom is 0.320 e. The lowest BCUT2D eigenvalue weighted by Crippen LogP contribution is -2.56. The average molecular weight is 319 g/mol. The van der Waals surface area contributed by atoms with Gasteiger partial charge < -0.3 is 21.6 Å². The monoisotopic (exact) mass is 318 g/mol. The van der Waals surface area contributed by atoms with Crippen LogP contribution in [0.5, 0.6) is 0 Å². The lowest BCUT2D eigenvalue weighted by molar-refractivity contribution is 0.244. The summed E-state index contributed by atoms with van der Waals surface area (Å²) in [7, 11) is 0. The standard InChI is InChI=1S/C12H16Cl2N4O2/c1-3-12(2,10(15)18-20)17-11(19)16-9-5-7(13)4-8(14)6-9/h4-6,20H,3H2,1-2H3,(H2,15,18)(H2,16,17,19). The Bertz CT molecular complexity index is 516. The molecule has 0 aliphatic carbocycles. The number of nitrogens with one attached hydrogen (secondary N) is 2. The first-order valence-corrected chi connectivity index (χ1v) is 6.59. The summed E-state index contributed by atoms with van der Waals surface area (Å²) >= 11 is 11.7. The van der Waals surface area contributed by atoms with Gasteiger partial charge in [-0.3, -0.25) is 0 Å². The number of carbonyl (C=O) groups is 1. The predicted molar refractivity (Wildman–Crippen MR) is 80.7 cm³/mol. The molecule has 6 nitrogen and oxygen atoms in total. The number of amidine groups is 1. The first-order valence-electron chi connectivity index (χ1n) is 5.84. The van der Waals surface area contributed by atoms with Gasteiger partial charge in [0.05, 0.1) is 5.54 Å². The Balaban J connectivity index is 2.81. The Labute approximate surface area is 126 Å². The van der Waals surface area contributed by atoms with Gasteiger partial charge in [0.25, 0.3) is 0 Å². The van der Waals surface area contributed by atoms with Gasteiger partial charge in [-0.1, -0.05) is 35.3 Å². The highest BCUT2D eigenvalue weighted by molar-refractivity contribution is 6.35. The zero-order valence-electron chi connectivity index (χ0n) is 11.1. The number of carbonyl (C=O) groups excluding carboxylic acids is 1. The SMILES string of the molecule is CCC(C)(NC(=O)Nc1cc(Cl)cc(Cl)c1)/C(N)=N/O. The van der Waals surface area contributed by atoms with Crippen molar-refractivity contribution in [2.24, 2.45) is 10.9 Å². The maximum atomic E-state index is 11.9. The van der Waals surface area contributed by atoms with Crippen molar-refractivity contribution in [2.75, 3.05) is 5.32 Å². The largest absolute Gasteiger partial charge is 0.409 e. The highest BCUT2D eigenvalue weighted by atomic mass is 35.5. The first kappa shape index (κ1) is 16.4. The Morgan fingerprint density at radius 2 is 1.95 bits per heavy atom. The molecule has 1 aromatic carbocycles. The van der Waals surface area contributed by atoms with Crippen LogP contribution in [0.15, 0.2) is 23.4 Å². The fraction of sp³-hybridized carbons (Fsp3) is 0.333. The zero-order valence-corrected chi connectivity index (χ0v) is 12.6. The van der Waals surface area contributed by atoms with Crippen molar-refractivity contribution in [3.63, 3.8) is 0 Å². The molecule has 0 aliphatic heterocycles. The number of urea groups is 1. The van der Waals surface area contributed by atoms with E-state index in [0.717, 1.165) is 0 Å². The number of hydrogen-bond donors (Lipinski definition) is 4. The highest BCUT2D eigenvalue weighted by Gasteiger charge is 2.29. The molecule has 0 fully saturated rings. The topological polar surface area (TPSA) is 99.7 Å². The molecule has 0 saturated carbocycles. The summed E-state index contributed by atoms with van der Waals surface area (Å²) in [6.07, 6.45) is 0.451. The number of nitrogens with two attached hydrogens (primary N) is 1. The summed E-state index contributed by atoms with van der Waals surface area (Å²) in [5.74, 6) is -0.0840. The second kappa shape index (κ2) is 6.67. The van der Waals surface area contributed by atoms with Crippen LogP contribution in [0.25, 0.3) is 0 Å². The average Bonchev–Trinajstić information content (AvgIpc) is 2.35. The van der Waals surface area contributed by atoms with Gasteiger partial charge in [0.15, 0.2) is 5.84 Å². The molecular formula is C12H16Cl2N4O2. The normalized spacial score (nSPS) is 14.5. The molecule has 1 atom stereocenters. The minimum absolute atomic E-state index is 0.0840. The summed E-state index contributed by atoms with van der Waals surface area (Å²) in [4.78, 5) is 11.9. The van der Waals surface area contributed by atoms with Crippen LogP contribution >= 0.6 is 23.2 Å². The third kappa shape index (κ3) is 4.18. The van der Waals surface area contributed by atoms with E-state index in [0.29, 0.717) is 22.2 Å². The van der Waals surface area contributed by atoms with Crippen LogP contribution in [-0.4, -0.2) is 22.6 Å². The molecule has 5 N–H and O–H groups in total. The van der Waals surface area contributed by atoms with Crippen molar-refractivity contribution in [1.29, 1.82) is 0 Å². The van der Waals surface area contributed by atoms with Gasteiger partial charge in [-0.2, -0.15) is 0 Å². The van der Waals surface area contributed by atoms with E-state index in [1.807, 2.05) is 0 Å². The molecule has 2 amide bonds. The fourth-order valence-corrected chi connectivity index (χ4v) is 2.01. The summed E-state index contributed by atoms with van der Waals surface area (Å²) in [6.45, 7) is 3.45. The lowest BCUT2D eigenvalue weighted by Gasteiger charge is -2.28. The molecule has 1 rings (SSSR count). The van der Waals surface area contributed by atoms with Crippen LogP contribution in [0.3, 0.4) is 0 Å². The van der Waals surface area contributed by atoms with E-state index in [-0.39, 0.29) is 5.84 Å². The molecule has 0 radical (unpaired) electrons. The van der Waals surface area contributed by atoms with Gasteiger partial charge in [-0.15, -0.1) is 0 Å². The number of hydrogen-bond acceptors (Lipinski definition) is 3. The molecule has 0 bridgehead atoms. The number of amides is 2. The van der Waals surface area contributed by atoms with E-state index < -0.39 is 11.6 Å². The molecule has 0 saturated heterocycles. The molecule has 0 heterocycles. The number of benzene rings is 1. The minimum Gasteiger partial charge on any atom is -0.409 e. The number of anilines is 1. The molecular weight excluding hydrogens is 303 g/mol. The second-order valence-corrected chi connectivity index (χ2v) is 5.28. The lowest BCUT2D eigenvalue weighted by atomic mass is 9.98. The van der Waals surface area contributed by atoms with Gasteiger partial charge in [0.1, 0.15) is 0 Å². The second-order valence-electron chi connectivity index (χ2n) is 4.41. The maximum absolute atomic E-state index is 11.9. The van der Waals surface area contributed by atoms with E-state index in [1.54, 1.807) is 32.0 Å². The number of oxime groups is 1. The molecule has 110 valence electrons. The van der Waals surface area contributed by atoms with E-state index in [1.165, 1.54) is 0 Å². The van der Waals surface area contributed by atoms with E-state index in [4.69, 9.17) is 34.1 Å². The van der Waals surface area contributed by atoms with Crippen LogP contribution in [0, 0.1) is 0 Å². The summed E-state index contributed by atoms with van der Waals surface area (Å²) in [5.41, 5.74) is 5.05. The van der Waals surface area contributed by atoms with Gasteiger partial charge in [0, 0.05) is 15.7 Å². The van der Waals surface area contributed by atoms with Crippen LogP contribution in [-0.2, 0) is 0 Å². The van der Waals surface area contributed by atoms with Crippen LogP contribution in [0.4, 0.5) is 10.5 Å². The van der Waals surface area contributed by atoms with Gasteiger partial charge >= 0.3 is 6.03 Å². The Morgan fingerprint density at radius 1 is 1.40 bits per heavy atom. The zero-order chi connectivity index (χ0) is 15.3. The summed E-state index contributed by atoms with van der Waals surface area (Å²) in [5, 5.41) is 17.7. The third-order valence-electron chi connectivity index (χ3n) is 2.89. The van der Waals surface area contributed by atoms with E-state index in [2.05, 4.69) is 15.8 Å². The minimum atomic E-state index is -0.957. The highest BCUT2D eigenvalue weighted by Crippen LogP contribution is 2.22. The summed E-state index contributed by atoms with van der Waals surface area (Å²) < 4.78 is 0. The Morgan fingerprint density at radius 3 is 2.40 bits per heavy atom. The number of rotatable bonds is 4. The molecule has 1 unspecified atom stereocenters. The molecule has 0 spiro atoms. The molecule has 8 heteroatoms. The van der Waals surface area contributed by atoms with Crippen molar-refractivity contribution < 1.29 is 10.0 Å². The number of nitrogens with zero attached hydrogens (tertiary/aromatic N) is 1. The molecule has 0 aromatic heterocycles. The van der Waals surface area contributed by atoms with Crippen LogP contribution in [0.1, 0.15) is 20.3 Å². The van der Waals surface area contributed by atoms with Gasteiger partial charge in [-0.05, 0) is 31.5 Å². The van der Waals surface area contributed by atoms with E-state index >= 15 is 0 Å². The van der Waals surface area contributed by atoms with Crippen molar-refractivity contribution in [2.45, 2.75) is 25.8 Å². The van der Waals surface area contributed by atoms with Crippen LogP contribution < -0.4 is 16.4 Å². The first-order chi connectivity index (χ1) is 9.30. The van der Waals surface area contributed by atoms with Crippen molar-refractivity contribution in [1.82, 2.24) is 5.32 Å². The van der Waals surface area contributed by atoms with Crippen molar-refractivity contribution in [3.8, 4) is 0 Å².